The third-order valence-corrected chi connectivity index (χ3v) is 2.25. The summed E-state index contributed by atoms with van der Waals surface area (Å²) in [4.78, 5) is 4.05. The van der Waals surface area contributed by atoms with E-state index < -0.39 is 0 Å². The van der Waals surface area contributed by atoms with E-state index in [0.717, 1.165) is 10.9 Å². The minimum absolute atomic E-state index is 0.178. The fraction of sp³-hybridized carbons (Fsp3) is 0.100. The molecule has 1 aromatic heterocycles. The number of hydrogen-bond donors (Lipinski definition) is 1. The van der Waals surface area contributed by atoms with Crippen LogP contribution >= 0.6 is 11.6 Å². The summed E-state index contributed by atoms with van der Waals surface area (Å²) in [5.41, 5.74) is 1.53. The van der Waals surface area contributed by atoms with Crippen LogP contribution in [0.1, 0.15) is 5.56 Å². The van der Waals surface area contributed by atoms with E-state index in [4.69, 9.17) is 11.6 Å². The van der Waals surface area contributed by atoms with Crippen LogP contribution in [0, 0.1) is 6.92 Å². The van der Waals surface area contributed by atoms with Gasteiger partial charge in [0, 0.05) is 11.6 Å². The molecule has 0 unspecified atom stereocenters. The number of fused-ring (bicyclic) bond motifs is 1. The first-order valence-electron chi connectivity index (χ1n) is 3.92. The molecule has 1 heterocycles. The van der Waals surface area contributed by atoms with Gasteiger partial charge in [-0.1, -0.05) is 11.6 Å². The largest absolute Gasteiger partial charge is 0.506 e. The molecule has 0 atom stereocenters. The summed E-state index contributed by atoms with van der Waals surface area (Å²) >= 11 is 5.95. The normalized spacial score (nSPS) is 10.6. The van der Waals surface area contributed by atoms with Gasteiger partial charge < -0.3 is 5.11 Å². The first-order chi connectivity index (χ1) is 6.18. The van der Waals surface area contributed by atoms with Crippen molar-refractivity contribution < 1.29 is 5.11 Å². The molecule has 0 aliphatic rings. The molecule has 0 saturated heterocycles. The molecular formula is C10H8ClNO. The van der Waals surface area contributed by atoms with Crippen molar-refractivity contribution in [3.63, 3.8) is 0 Å². The van der Waals surface area contributed by atoms with Crippen molar-refractivity contribution >= 4 is 22.5 Å². The van der Waals surface area contributed by atoms with Crippen LogP contribution in [0.2, 0.25) is 5.02 Å². The Kier molecular flexibility index (Phi) is 1.85. The predicted octanol–water partition coefficient (Wildman–Crippen LogP) is 2.90. The van der Waals surface area contributed by atoms with Crippen molar-refractivity contribution in [1.29, 1.82) is 0 Å². The molecule has 13 heavy (non-hydrogen) atoms. The van der Waals surface area contributed by atoms with Crippen molar-refractivity contribution in [3.8, 4) is 5.75 Å². The van der Waals surface area contributed by atoms with E-state index in [1.807, 2.05) is 13.0 Å². The topological polar surface area (TPSA) is 33.1 Å². The smallest absolute Gasteiger partial charge is 0.142 e. The number of nitrogens with zero attached hydrogens (tertiary/aromatic N) is 1. The number of aryl methyl sites for hydroxylation is 1. The van der Waals surface area contributed by atoms with Crippen LogP contribution in [0.15, 0.2) is 24.4 Å². The number of rotatable bonds is 0. The highest BCUT2D eigenvalue weighted by Crippen LogP contribution is 2.29. The van der Waals surface area contributed by atoms with E-state index in [1.54, 1.807) is 18.3 Å². The molecule has 1 N–H and O–H groups in total. The third-order valence-electron chi connectivity index (χ3n) is 1.92. The number of pyridine rings is 1. The summed E-state index contributed by atoms with van der Waals surface area (Å²) in [7, 11) is 0. The maximum atomic E-state index is 9.56. The number of halogens is 1. The third kappa shape index (κ3) is 1.33. The number of aromatic nitrogens is 1. The van der Waals surface area contributed by atoms with Gasteiger partial charge in [-0.05, 0) is 30.7 Å². The summed E-state index contributed by atoms with van der Waals surface area (Å²) in [6, 6.07) is 5.29. The lowest BCUT2D eigenvalue weighted by Gasteiger charge is -2.02. The zero-order valence-corrected chi connectivity index (χ0v) is 7.84. The van der Waals surface area contributed by atoms with Crippen molar-refractivity contribution in [2.24, 2.45) is 0 Å². The van der Waals surface area contributed by atoms with E-state index in [2.05, 4.69) is 4.98 Å². The highest BCUT2D eigenvalue weighted by Gasteiger charge is 2.04. The average Bonchev–Trinajstić information content (AvgIpc) is 2.07. The van der Waals surface area contributed by atoms with Crippen LogP contribution in [0.3, 0.4) is 0 Å². The molecule has 0 aliphatic carbocycles. The van der Waals surface area contributed by atoms with Crippen LogP contribution < -0.4 is 0 Å². The van der Waals surface area contributed by atoms with E-state index >= 15 is 0 Å². The lowest BCUT2D eigenvalue weighted by molar-refractivity contribution is 0.480. The molecule has 2 rings (SSSR count). The minimum Gasteiger partial charge on any atom is -0.506 e. The molecule has 2 aromatic rings. The maximum Gasteiger partial charge on any atom is 0.142 e. The number of benzene rings is 1. The van der Waals surface area contributed by atoms with Crippen LogP contribution in [0.5, 0.6) is 5.75 Å². The zero-order valence-electron chi connectivity index (χ0n) is 7.08. The Morgan fingerprint density at radius 1 is 1.38 bits per heavy atom. The van der Waals surface area contributed by atoms with Crippen molar-refractivity contribution in [3.05, 3.63) is 35.0 Å². The highest BCUT2D eigenvalue weighted by molar-refractivity contribution is 6.35. The maximum absolute atomic E-state index is 9.56. The van der Waals surface area contributed by atoms with Crippen LogP contribution in [0.4, 0.5) is 0 Å². The Bertz CT molecular complexity index is 468. The lowest BCUT2D eigenvalue weighted by atomic mass is 10.1. The fourth-order valence-electron chi connectivity index (χ4n) is 1.34. The Morgan fingerprint density at radius 2 is 2.15 bits per heavy atom. The van der Waals surface area contributed by atoms with Gasteiger partial charge >= 0.3 is 0 Å². The number of aromatic hydroxyl groups is 1. The molecule has 0 amide bonds. The average molecular weight is 194 g/mol. The van der Waals surface area contributed by atoms with Crippen LogP contribution in [0.25, 0.3) is 10.9 Å². The van der Waals surface area contributed by atoms with Crippen LogP contribution in [-0.2, 0) is 0 Å². The predicted molar refractivity (Wildman–Crippen MR) is 53.2 cm³/mol. The molecule has 0 aliphatic heterocycles. The molecule has 66 valence electrons. The molecule has 0 bridgehead atoms. The van der Waals surface area contributed by atoms with E-state index in [-0.39, 0.29) is 5.75 Å². The summed E-state index contributed by atoms with van der Waals surface area (Å²) in [6.07, 6.45) is 1.58. The van der Waals surface area contributed by atoms with Crippen molar-refractivity contribution in [2.75, 3.05) is 0 Å². The van der Waals surface area contributed by atoms with E-state index in [9.17, 15) is 5.11 Å². The first-order valence-corrected chi connectivity index (χ1v) is 4.30. The first kappa shape index (κ1) is 8.32. The van der Waals surface area contributed by atoms with Gasteiger partial charge in [0.15, 0.2) is 0 Å². The molecule has 0 fully saturated rings. The van der Waals surface area contributed by atoms with E-state index in [0.29, 0.717) is 10.5 Å². The minimum atomic E-state index is 0.178. The van der Waals surface area contributed by atoms with Crippen molar-refractivity contribution in [1.82, 2.24) is 4.98 Å². The molecule has 2 nitrogen and oxygen atoms in total. The zero-order chi connectivity index (χ0) is 9.42. The molecule has 0 spiro atoms. The molecule has 0 radical (unpaired) electrons. The van der Waals surface area contributed by atoms with Gasteiger partial charge in [-0.2, -0.15) is 0 Å². The van der Waals surface area contributed by atoms with Gasteiger partial charge in [0.05, 0.1) is 5.02 Å². The van der Waals surface area contributed by atoms with Gasteiger partial charge in [0.2, 0.25) is 0 Å². The Morgan fingerprint density at radius 3 is 2.92 bits per heavy atom. The van der Waals surface area contributed by atoms with Gasteiger partial charge in [0.25, 0.3) is 0 Å². The summed E-state index contributed by atoms with van der Waals surface area (Å²) in [6.45, 7) is 1.91. The standard InChI is InChI=1S/C10H8ClNO/c1-6-4-7-8(11)2-3-12-10(7)9(13)5-6/h2-5,13H,1H3. The van der Waals surface area contributed by atoms with E-state index in [1.165, 1.54) is 0 Å². The SMILES string of the molecule is Cc1cc(O)c2nccc(Cl)c2c1. The second-order valence-electron chi connectivity index (χ2n) is 2.97. The number of phenols is 1. The lowest BCUT2D eigenvalue weighted by Crippen LogP contribution is -1.82. The number of hydrogen-bond acceptors (Lipinski definition) is 2. The fourth-order valence-corrected chi connectivity index (χ4v) is 1.54. The summed E-state index contributed by atoms with van der Waals surface area (Å²) in [5.74, 6) is 0.178. The Hall–Kier alpha value is -1.28. The second kappa shape index (κ2) is 2.89. The molecule has 3 heteroatoms. The molecule has 0 saturated carbocycles. The monoisotopic (exact) mass is 193 g/mol. The van der Waals surface area contributed by atoms with Crippen molar-refractivity contribution in [2.45, 2.75) is 6.92 Å². The quantitative estimate of drug-likeness (QED) is 0.698. The van der Waals surface area contributed by atoms with Gasteiger partial charge in [-0.3, -0.25) is 4.98 Å². The summed E-state index contributed by atoms with van der Waals surface area (Å²) in [5, 5.41) is 11.0. The Labute approximate surface area is 80.8 Å². The molecule has 1 aromatic carbocycles. The van der Waals surface area contributed by atoms with Gasteiger partial charge in [0.1, 0.15) is 11.3 Å². The molecular weight excluding hydrogens is 186 g/mol. The summed E-state index contributed by atoms with van der Waals surface area (Å²) < 4.78 is 0. The highest BCUT2D eigenvalue weighted by atomic mass is 35.5. The van der Waals surface area contributed by atoms with Gasteiger partial charge in [-0.25, -0.2) is 0 Å². The second-order valence-corrected chi connectivity index (χ2v) is 3.38. The number of phenolic OH excluding ortho intramolecular Hbond substituents is 1. The van der Waals surface area contributed by atoms with Gasteiger partial charge in [-0.15, -0.1) is 0 Å². The Balaban J connectivity index is 2.94. The van der Waals surface area contributed by atoms with Crippen LogP contribution in [-0.4, -0.2) is 10.1 Å².